The molecular weight excluding hydrogens is 280 g/mol. The smallest absolute Gasteiger partial charge is 0.155 e. The van der Waals surface area contributed by atoms with Crippen LogP contribution >= 0.6 is 11.3 Å². The molecule has 1 atom stereocenters. The molecule has 0 aliphatic carbocycles. The molecule has 0 bridgehead atoms. The number of aromatic nitrogens is 3. The Morgan fingerprint density at radius 1 is 1.29 bits per heavy atom. The standard InChI is InChI=1S/C16H20N4S/c1-10-5-16-18-8-14(9-20(16)19-10)7-17-12(3)15-6-11(2)21-13(15)4/h5-6,8-9,12,17H,7H2,1-4H3. The van der Waals surface area contributed by atoms with E-state index in [9.17, 15) is 0 Å². The van der Waals surface area contributed by atoms with Crippen molar-refractivity contribution in [2.75, 3.05) is 0 Å². The highest BCUT2D eigenvalue weighted by molar-refractivity contribution is 7.12. The van der Waals surface area contributed by atoms with Crippen LogP contribution in [0, 0.1) is 20.8 Å². The Bertz CT molecular complexity index is 772. The molecule has 4 nitrogen and oxygen atoms in total. The zero-order chi connectivity index (χ0) is 15.0. The molecule has 0 spiro atoms. The van der Waals surface area contributed by atoms with Gasteiger partial charge < -0.3 is 5.32 Å². The van der Waals surface area contributed by atoms with Gasteiger partial charge in [-0.15, -0.1) is 11.3 Å². The largest absolute Gasteiger partial charge is 0.306 e. The van der Waals surface area contributed by atoms with Crippen LogP contribution in [0.3, 0.4) is 0 Å². The van der Waals surface area contributed by atoms with Crippen LogP contribution in [0.5, 0.6) is 0 Å². The number of hydrogen-bond acceptors (Lipinski definition) is 4. The fraction of sp³-hybridized carbons (Fsp3) is 0.375. The van der Waals surface area contributed by atoms with Gasteiger partial charge in [0.2, 0.25) is 0 Å². The van der Waals surface area contributed by atoms with Crippen LogP contribution in [0.2, 0.25) is 0 Å². The summed E-state index contributed by atoms with van der Waals surface area (Å²) in [5.74, 6) is 0. The van der Waals surface area contributed by atoms with Crippen molar-refractivity contribution in [2.24, 2.45) is 0 Å². The number of aryl methyl sites for hydroxylation is 3. The van der Waals surface area contributed by atoms with Crippen LogP contribution in [-0.4, -0.2) is 14.6 Å². The summed E-state index contributed by atoms with van der Waals surface area (Å²) in [4.78, 5) is 7.20. The van der Waals surface area contributed by atoms with E-state index in [0.29, 0.717) is 6.04 Å². The number of hydrogen-bond donors (Lipinski definition) is 1. The lowest BCUT2D eigenvalue weighted by atomic mass is 10.1. The van der Waals surface area contributed by atoms with E-state index >= 15 is 0 Å². The zero-order valence-corrected chi connectivity index (χ0v) is 13.7. The third-order valence-electron chi connectivity index (χ3n) is 3.65. The molecule has 0 saturated heterocycles. The van der Waals surface area contributed by atoms with Gasteiger partial charge in [0.15, 0.2) is 5.65 Å². The van der Waals surface area contributed by atoms with Crippen LogP contribution in [-0.2, 0) is 6.54 Å². The van der Waals surface area contributed by atoms with E-state index in [1.54, 1.807) is 0 Å². The highest BCUT2D eigenvalue weighted by Gasteiger charge is 2.11. The van der Waals surface area contributed by atoms with E-state index in [-0.39, 0.29) is 0 Å². The molecule has 3 rings (SSSR count). The van der Waals surface area contributed by atoms with Gasteiger partial charge in [0.25, 0.3) is 0 Å². The first-order valence-corrected chi connectivity index (χ1v) is 7.96. The van der Waals surface area contributed by atoms with Gasteiger partial charge in [-0.25, -0.2) is 9.50 Å². The summed E-state index contributed by atoms with van der Waals surface area (Å²) in [7, 11) is 0. The van der Waals surface area contributed by atoms with Crippen LogP contribution in [0.25, 0.3) is 5.65 Å². The topological polar surface area (TPSA) is 42.2 Å². The molecule has 0 amide bonds. The Morgan fingerprint density at radius 3 is 2.81 bits per heavy atom. The molecule has 3 aromatic rings. The average molecular weight is 300 g/mol. The molecule has 0 aliphatic heterocycles. The highest BCUT2D eigenvalue weighted by Crippen LogP contribution is 2.26. The van der Waals surface area contributed by atoms with E-state index < -0.39 is 0 Å². The molecule has 1 N–H and O–H groups in total. The van der Waals surface area contributed by atoms with Crippen molar-refractivity contribution >= 4 is 17.0 Å². The summed E-state index contributed by atoms with van der Waals surface area (Å²) >= 11 is 1.86. The molecule has 0 fully saturated rings. The maximum atomic E-state index is 4.44. The molecule has 3 heterocycles. The van der Waals surface area contributed by atoms with Crippen molar-refractivity contribution in [3.8, 4) is 0 Å². The summed E-state index contributed by atoms with van der Waals surface area (Å²) in [5, 5.41) is 7.97. The van der Waals surface area contributed by atoms with Crippen molar-refractivity contribution in [1.82, 2.24) is 19.9 Å². The molecule has 5 heteroatoms. The first-order valence-electron chi connectivity index (χ1n) is 7.14. The second kappa shape index (κ2) is 5.58. The molecule has 1 unspecified atom stereocenters. The summed E-state index contributed by atoms with van der Waals surface area (Å²) in [6, 6.07) is 4.60. The van der Waals surface area contributed by atoms with E-state index in [0.717, 1.165) is 23.4 Å². The van der Waals surface area contributed by atoms with Gasteiger partial charge >= 0.3 is 0 Å². The maximum Gasteiger partial charge on any atom is 0.155 e. The summed E-state index contributed by atoms with van der Waals surface area (Å²) < 4.78 is 1.84. The number of fused-ring (bicyclic) bond motifs is 1. The van der Waals surface area contributed by atoms with Gasteiger partial charge in [-0.1, -0.05) is 0 Å². The lowest BCUT2D eigenvalue weighted by molar-refractivity contribution is 0.571. The second-order valence-corrected chi connectivity index (χ2v) is 6.98. The molecule has 0 aliphatic rings. The normalized spacial score (nSPS) is 13.0. The number of nitrogens with zero attached hydrogens (tertiary/aromatic N) is 3. The number of rotatable bonds is 4. The molecule has 3 aromatic heterocycles. The van der Waals surface area contributed by atoms with Crippen molar-refractivity contribution < 1.29 is 0 Å². The fourth-order valence-electron chi connectivity index (χ4n) is 2.59. The zero-order valence-electron chi connectivity index (χ0n) is 12.8. The van der Waals surface area contributed by atoms with Gasteiger partial charge in [-0.3, -0.25) is 0 Å². The highest BCUT2D eigenvalue weighted by atomic mass is 32.1. The first-order chi connectivity index (χ1) is 10.0. The summed E-state index contributed by atoms with van der Waals surface area (Å²) in [6.45, 7) is 9.32. The van der Waals surface area contributed by atoms with E-state index in [1.807, 2.05) is 41.2 Å². The van der Waals surface area contributed by atoms with Crippen LogP contribution < -0.4 is 5.32 Å². The first kappa shape index (κ1) is 14.2. The Morgan fingerprint density at radius 2 is 2.10 bits per heavy atom. The quantitative estimate of drug-likeness (QED) is 0.801. The van der Waals surface area contributed by atoms with E-state index in [2.05, 4.69) is 42.2 Å². The minimum Gasteiger partial charge on any atom is -0.306 e. The summed E-state index contributed by atoms with van der Waals surface area (Å²) in [5.41, 5.74) is 4.42. The fourth-order valence-corrected chi connectivity index (χ4v) is 3.61. The third-order valence-corrected chi connectivity index (χ3v) is 4.63. The Kier molecular flexibility index (Phi) is 3.78. The van der Waals surface area contributed by atoms with E-state index in [1.165, 1.54) is 15.3 Å². The van der Waals surface area contributed by atoms with Crippen LogP contribution in [0.15, 0.2) is 24.5 Å². The Hall–Kier alpha value is -1.72. The van der Waals surface area contributed by atoms with Crippen LogP contribution in [0.4, 0.5) is 0 Å². The van der Waals surface area contributed by atoms with Crippen molar-refractivity contribution in [1.29, 1.82) is 0 Å². The molecule has 110 valence electrons. The van der Waals surface area contributed by atoms with Crippen LogP contribution in [0.1, 0.15) is 39.5 Å². The Labute approximate surface area is 128 Å². The summed E-state index contributed by atoms with van der Waals surface area (Å²) in [6.07, 6.45) is 3.96. The molecule has 0 aromatic carbocycles. The maximum absolute atomic E-state index is 4.44. The van der Waals surface area contributed by atoms with Gasteiger partial charge in [0.1, 0.15) is 0 Å². The van der Waals surface area contributed by atoms with E-state index in [4.69, 9.17) is 0 Å². The van der Waals surface area contributed by atoms with Crippen molar-refractivity contribution in [3.63, 3.8) is 0 Å². The minimum atomic E-state index is 0.338. The predicted octanol–water partition coefficient (Wildman–Crippen LogP) is 3.57. The van der Waals surface area contributed by atoms with Gasteiger partial charge in [-0.2, -0.15) is 5.10 Å². The second-order valence-electron chi connectivity index (χ2n) is 5.52. The van der Waals surface area contributed by atoms with Crippen molar-refractivity contribution in [3.05, 3.63) is 51.1 Å². The van der Waals surface area contributed by atoms with Crippen molar-refractivity contribution in [2.45, 2.75) is 40.3 Å². The molecule has 0 saturated carbocycles. The SMILES string of the molecule is Cc1cc2ncc(CNC(C)c3cc(C)sc3C)cn2n1. The lowest BCUT2D eigenvalue weighted by Crippen LogP contribution is -2.18. The number of thiophene rings is 1. The third kappa shape index (κ3) is 2.99. The predicted molar refractivity (Wildman–Crippen MR) is 86.8 cm³/mol. The molecular formula is C16H20N4S. The van der Waals surface area contributed by atoms with Gasteiger partial charge in [0, 0.05) is 46.4 Å². The number of nitrogens with one attached hydrogen (secondary N) is 1. The monoisotopic (exact) mass is 300 g/mol. The minimum absolute atomic E-state index is 0.338. The average Bonchev–Trinajstić information content (AvgIpc) is 2.96. The Balaban J connectivity index is 1.72. The van der Waals surface area contributed by atoms with Gasteiger partial charge in [0.05, 0.1) is 5.69 Å². The van der Waals surface area contributed by atoms with Gasteiger partial charge in [-0.05, 0) is 39.3 Å². The molecule has 21 heavy (non-hydrogen) atoms. The lowest BCUT2D eigenvalue weighted by Gasteiger charge is -2.13. The molecule has 0 radical (unpaired) electrons.